The lowest BCUT2D eigenvalue weighted by molar-refractivity contribution is -0.118. The number of aromatic amines is 1. The van der Waals surface area contributed by atoms with Crippen molar-refractivity contribution in [2.75, 3.05) is 43.5 Å². The van der Waals surface area contributed by atoms with Crippen molar-refractivity contribution in [1.29, 1.82) is 0 Å². The van der Waals surface area contributed by atoms with E-state index in [1.54, 1.807) is 36.5 Å². The average Bonchev–Trinajstić information content (AvgIpc) is 3.04. The number of hydrogen-bond donors (Lipinski definition) is 3. The zero-order valence-corrected chi connectivity index (χ0v) is 14.3. The summed E-state index contributed by atoms with van der Waals surface area (Å²) in [7, 11) is 0. The van der Waals surface area contributed by atoms with Gasteiger partial charge in [0.2, 0.25) is 5.91 Å². The minimum Gasteiger partial charge on any atom is -0.379 e. The van der Waals surface area contributed by atoms with Crippen molar-refractivity contribution in [3.63, 3.8) is 0 Å². The van der Waals surface area contributed by atoms with Gasteiger partial charge in [-0.25, -0.2) is 0 Å². The third kappa shape index (κ3) is 5.06. The van der Waals surface area contributed by atoms with E-state index in [1.807, 2.05) is 0 Å². The minimum absolute atomic E-state index is 0.0697. The first-order chi connectivity index (χ1) is 12.1. The molecule has 1 saturated heterocycles. The molecule has 0 spiro atoms. The van der Waals surface area contributed by atoms with E-state index in [1.165, 1.54) is 0 Å². The Labute approximate surface area is 150 Å². The molecule has 1 aromatic carbocycles. The standard InChI is InChI=1S/C17H19ClN4O3/c18-12-9-15(19-10-12)17(24)21-14-3-1-13(2-4-14)20-16(23)11-22-5-7-25-8-6-22/h1-4,9-10,19H,5-8,11H2,(H,20,23)(H,21,24). The lowest BCUT2D eigenvalue weighted by Crippen LogP contribution is -2.41. The van der Waals surface area contributed by atoms with Crippen LogP contribution in [0.25, 0.3) is 0 Å². The van der Waals surface area contributed by atoms with Crippen LogP contribution in [0.15, 0.2) is 36.5 Å². The lowest BCUT2D eigenvalue weighted by Gasteiger charge is -2.25. The van der Waals surface area contributed by atoms with Crippen molar-refractivity contribution in [2.45, 2.75) is 0 Å². The molecule has 1 aliphatic heterocycles. The second kappa shape index (κ2) is 8.15. The fourth-order valence-electron chi connectivity index (χ4n) is 2.50. The van der Waals surface area contributed by atoms with Crippen molar-refractivity contribution in [3.8, 4) is 0 Å². The molecule has 3 rings (SSSR count). The van der Waals surface area contributed by atoms with Gasteiger partial charge in [-0.3, -0.25) is 14.5 Å². The Morgan fingerprint density at radius 1 is 1.12 bits per heavy atom. The van der Waals surface area contributed by atoms with Gasteiger partial charge < -0.3 is 20.4 Å². The Kier molecular flexibility index (Phi) is 5.70. The smallest absolute Gasteiger partial charge is 0.272 e. The van der Waals surface area contributed by atoms with Crippen LogP contribution in [-0.4, -0.2) is 54.5 Å². The molecule has 0 saturated carbocycles. The maximum absolute atomic E-state index is 12.1. The quantitative estimate of drug-likeness (QED) is 0.761. The summed E-state index contributed by atoms with van der Waals surface area (Å²) in [6.45, 7) is 3.19. The van der Waals surface area contributed by atoms with E-state index in [0.29, 0.717) is 41.8 Å². The van der Waals surface area contributed by atoms with Crippen LogP contribution in [0.3, 0.4) is 0 Å². The monoisotopic (exact) mass is 362 g/mol. The fraction of sp³-hybridized carbons (Fsp3) is 0.294. The number of aromatic nitrogens is 1. The molecule has 3 N–H and O–H groups in total. The van der Waals surface area contributed by atoms with E-state index in [4.69, 9.17) is 16.3 Å². The summed E-state index contributed by atoms with van der Waals surface area (Å²) in [4.78, 5) is 28.9. The average molecular weight is 363 g/mol. The van der Waals surface area contributed by atoms with Crippen LogP contribution in [0.5, 0.6) is 0 Å². The number of carbonyl (C=O) groups excluding carboxylic acids is 2. The molecule has 0 unspecified atom stereocenters. The van der Waals surface area contributed by atoms with Gasteiger partial charge in [-0.15, -0.1) is 0 Å². The van der Waals surface area contributed by atoms with Gasteiger partial charge >= 0.3 is 0 Å². The molecule has 0 atom stereocenters. The second-order valence-electron chi connectivity index (χ2n) is 5.70. The number of H-pyrrole nitrogens is 1. The number of carbonyl (C=O) groups is 2. The molecule has 0 bridgehead atoms. The summed E-state index contributed by atoms with van der Waals surface area (Å²) in [6, 6.07) is 8.50. The van der Waals surface area contributed by atoms with E-state index in [9.17, 15) is 9.59 Å². The molecule has 0 radical (unpaired) electrons. The highest BCUT2D eigenvalue weighted by atomic mass is 35.5. The minimum atomic E-state index is -0.281. The summed E-state index contributed by atoms with van der Waals surface area (Å²) in [5, 5.41) is 6.08. The molecule has 2 heterocycles. The highest BCUT2D eigenvalue weighted by molar-refractivity contribution is 6.31. The number of amides is 2. The van der Waals surface area contributed by atoms with Crippen molar-refractivity contribution >= 4 is 34.8 Å². The first kappa shape index (κ1) is 17.5. The van der Waals surface area contributed by atoms with Gasteiger partial charge in [-0.05, 0) is 30.3 Å². The molecular formula is C17H19ClN4O3. The number of benzene rings is 1. The van der Waals surface area contributed by atoms with E-state index in [0.717, 1.165) is 13.1 Å². The maximum Gasteiger partial charge on any atom is 0.272 e. The Morgan fingerprint density at radius 3 is 2.36 bits per heavy atom. The van der Waals surface area contributed by atoms with Crippen molar-refractivity contribution < 1.29 is 14.3 Å². The van der Waals surface area contributed by atoms with Crippen LogP contribution < -0.4 is 10.6 Å². The predicted molar refractivity (Wildman–Crippen MR) is 96.1 cm³/mol. The molecule has 25 heavy (non-hydrogen) atoms. The van der Waals surface area contributed by atoms with E-state index in [-0.39, 0.29) is 11.8 Å². The lowest BCUT2D eigenvalue weighted by atomic mass is 10.2. The summed E-state index contributed by atoms with van der Waals surface area (Å²) >= 11 is 5.78. The maximum atomic E-state index is 12.1. The SMILES string of the molecule is O=C(CN1CCOCC1)Nc1ccc(NC(=O)c2cc(Cl)c[nH]2)cc1. The van der Waals surface area contributed by atoms with Gasteiger partial charge in [-0.1, -0.05) is 11.6 Å². The molecule has 2 aromatic rings. The van der Waals surface area contributed by atoms with Crippen molar-refractivity contribution in [2.24, 2.45) is 0 Å². The van der Waals surface area contributed by atoms with Gasteiger partial charge in [0, 0.05) is 30.7 Å². The Bertz CT molecular complexity index is 739. The molecule has 7 nitrogen and oxygen atoms in total. The summed E-state index contributed by atoms with van der Waals surface area (Å²) in [5.41, 5.74) is 1.69. The number of rotatable bonds is 5. The molecule has 1 fully saturated rings. The van der Waals surface area contributed by atoms with Gasteiger partial charge in [0.1, 0.15) is 5.69 Å². The van der Waals surface area contributed by atoms with E-state index in [2.05, 4.69) is 20.5 Å². The molecule has 8 heteroatoms. The molecule has 132 valence electrons. The zero-order chi connectivity index (χ0) is 17.6. The van der Waals surface area contributed by atoms with Crippen LogP contribution in [0.4, 0.5) is 11.4 Å². The first-order valence-electron chi connectivity index (χ1n) is 7.95. The highest BCUT2D eigenvalue weighted by Gasteiger charge is 2.14. The van der Waals surface area contributed by atoms with Crippen LogP contribution in [0.2, 0.25) is 5.02 Å². The molecule has 2 amide bonds. The molecule has 1 aliphatic rings. The number of nitrogens with one attached hydrogen (secondary N) is 3. The van der Waals surface area contributed by atoms with Crippen molar-refractivity contribution in [1.82, 2.24) is 9.88 Å². The fourth-order valence-corrected chi connectivity index (χ4v) is 2.66. The third-order valence-electron chi connectivity index (χ3n) is 3.79. The number of halogens is 1. The molecular weight excluding hydrogens is 344 g/mol. The van der Waals surface area contributed by atoms with Crippen LogP contribution in [-0.2, 0) is 9.53 Å². The van der Waals surface area contributed by atoms with Gasteiger partial charge in [-0.2, -0.15) is 0 Å². The Balaban J connectivity index is 1.51. The molecule has 0 aliphatic carbocycles. The topological polar surface area (TPSA) is 86.5 Å². The van der Waals surface area contributed by atoms with Crippen LogP contribution >= 0.6 is 11.6 Å². The molecule has 1 aromatic heterocycles. The van der Waals surface area contributed by atoms with Crippen LogP contribution in [0, 0.1) is 0 Å². The van der Waals surface area contributed by atoms with E-state index < -0.39 is 0 Å². The number of hydrogen-bond acceptors (Lipinski definition) is 4. The summed E-state index contributed by atoms with van der Waals surface area (Å²) in [5.74, 6) is -0.351. The largest absolute Gasteiger partial charge is 0.379 e. The van der Waals surface area contributed by atoms with Gasteiger partial charge in [0.15, 0.2) is 0 Å². The number of ether oxygens (including phenoxy) is 1. The zero-order valence-electron chi connectivity index (χ0n) is 13.5. The van der Waals surface area contributed by atoms with Gasteiger partial charge in [0.25, 0.3) is 5.91 Å². The Hall–Kier alpha value is -2.35. The van der Waals surface area contributed by atoms with Crippen LogP contribution in [0.1, 0.15) is 10.5 Å². The highest BCUT2D eigenvalue weighted by Crippen LogP contribution is 2.16. The van der Waals surface area contributed by atoms with E-state index >= 15 is 0 Å². The summed E-state index contributed by atoms with van der Waals surface area (Å²) in [6.07, 6.45) is 1.55. The Morgan fingerprint density at radius 2 is 1.76 bits per heavy atom. The second-order valence-corrected chi connectivity index (χ2v) is 6.14. The third-order valence-corrected chi connectivity index (χ3v) is 4.01. The number of nitrogens with zero attached hydrogens (tertiary/aromatic N) is 1. The van der Waals surface area contributed by atoms with Gasteiger partial charge in [0.05, 0.1) is 24.8 Å². The van der Waals surface area contributed by atoms with Crippen molar-refractivity contribution in [3.05, 3.63) is 47.2 Å². The summed E-state index contributed by atoms with van der Waals surface area (Å²) < 4.78 is 5.26. The normalized spacial score (nSPS) is 14.9. The number of anilines is 2. The number of morpholine rings is 1. The predicted octanol–water partition coefficient (Wildman–Crippen LogP) is 2.19. The first-order valence-corrected chi connectivity index (χ1v) is 8.33.